The fourth-order valence-corrected chi connectivity index (χ4v) is 5.89. The number of hydrogen-bond donors (Lipinski definition) is 1. The van der Waals surface area contributed by atoms with Crippen molar-refractivity contribution in [1.29, 1.82) is 0 Å². The Balaban J connectivity index is 1.73. The second kappa shape index (κ2) is 10.8. The standard InChI is InChI=1S/C26H36N2O5S/c1-17(2)21-8-7-9-22(18(3)4)25(21)27-26(29)19-12-14-28(15-13-19)34(30,31)20-10-11-23(32-5)24(16-20)33-6/h7-11,16-19H,12-15H2,1-6H3,(H,27,29). The van der Waals surface area contributed by atoms with Gasteiger partial charge in [0.25, 0.3) is 0 Å². The Morgan fingerprint density at radius 3 is 2.00 bits per heavy atom. The molecular weight excluding hydrogens is 452 g/mol. The predicted octanol–water partition coefficient (Wildman–Crippen LogP) is 4.99. The van der Waals surface area contributed by atoms with Crippen molar-refractivity contribution in [3.8, 4) is 11.5 Å². The number of rotatable bonds is 8. The summed E-state index contributed by atoms with van der Waals surface area (Å²) >= 11 is 0. The number of nitrogens with zero attached hydrogens (tertiary/aromatic N) is 1. The van der Waals surface area contributed by atoms with Gasteiger partial charge in [-0.1, -0.05) is 45.9 Å². The maximum atomic E-state index is 13.2. The Bertz CT molecular complexity index is 1090. The van der Waals surface area contributed by atoms with Crippen LogP contribution in [0.25, 0.3) is 0 Å². The van der Waals surface area contributed by atoms with Gasteiger partial charge in [0.2, 0.25) is 15.9 Å². The van der Waals surface area contributed by atoms with Gasteiger partial charge in [0.1, 0.15) is 0 Å². The van der Waals surface area contributed by atoms with E-state index in [1.54, 1.807) is 6.07 Å². The van der Waals surface area contributed by atoms with Crippen LogP contribution in [0.15, 0.2) is 41.3 Å². The van der Waals surface area contributed by atoms with Gasteiger partial charge in [-0.05, 0) is 47.9 Å². The van der Waals surface area contributed by atoms with E-state index in [0.717, 1.165) is 16.8 Å². The van der Waals surface area contributed by atoms with E-state index in [9.17, 15) is 13.2 Å². The van der Waals surface area contributed by atoms with Gasteiger partial charge < -0.3 is 14.8 Å². The maximum Gasteiger partial charge on any atom is 0.243 e. The third-order valence-electron chi connectivity index (χ3n) is 6.44. The van der Waals surface area contributed by atoms with Crippen molar-refractivity contribution < 1.29 is 22.7 Å². The zero-order valence-electron chi connectivity index (χ0n) is 20.9. The molecule has 0 aliphatic carbocycles. The first-order valence-electron chi connectivity index (χ1n) is 11.8. The molecule has 0 unspecified atom stereocenters. The molecule has 1 N–H and O–H groups in total. The third-order valence-corrected chi connectivity index (χ3v) is 8.33. The van der Waals surface area contributed by atoms with Gasteiger partial charge in [-0.15, -0.1) is 0 Å². The van der Waals surface area contributed by atoms with Crippen LogP contribution in [0.3, 0.4) is 0 Å². The average Bonchev–Trinajstić information content (AvgIpc) is 2.83. The second-order valence-electron chi connectivity index (χ2n) is 9.31. The Hall–Kier alpha value is -2.58. The molecule has 0 aromatic heterocycles. The lowest BCUT2D eigenvalue weighted by molar-refractivity contribution is -0.120. The summed E-state index contributed by atoms with van der Waals surface area (Å²) in [5.41, 5.74) is 3.14. The summed E-state index contributed by atoms with van der Waals surface area (Å²) < 4.78 is 38.3. The molecule has 0 saturated carbocycles. The van der Waals surface area contributed by atoms with Crippen LogP contribution in [-0.4, -0.2) is 45.9 Å². The van der Waals surface area contributed by atoms with Crippen molar-refractivity contribution in [1.82, 2.24) is 4.31 Å². The highest BCUT2D eigenvalue weighted by atomic mass is 32.2. The number of carbonyl (C=O) groups excluding carboxylic acids is 1. The molecule has 0 spiro atoms. The summed E-state index contributed by atoms with van der Waals surface area (Å²) in [7, 11) is -0.719. The molecule has 0 bridgehead atoms. The number of benzene rings is 2. The largest absolute Gasteiger partial charge is 0.493 e. The molecule has 3 rings (SSSR count). The van der Waals surface area contributed by atoms with E-state index in [1.165, 1.54) is 30.7 Å². The third kappa shape index (κ3) is 5.39. The monoisotopic (exact) mass is 488 g/mol. The van der Waals surface area contributed by atoms with Crippen LogP contribution >= 0.6 is 0 Å². The van der Waals surface area contributed by atoms with Crippen molar-refractivity contribution >= 4 is 21.6 Å². The first-order chi connectivity index (χ1) is 16.1. The average molecular weight is 489 g/mol. The van der Waals surface area contributed by atoms with Gasteiger partial charge in [-0.3, -0.25) is 4.79 Å². The van der Waals surface area contributed by atoms with E-state index >= 15 is 0 Å². The summed E-state index contributed by atoms with van der Waals surface area (Å²) in [6.07, 6.45) is 0.943. The van der Waals surface area contributed by atoms with E-state index in [1.807, 2.05) is 6.07 Å². The number of nitrogens with one attached hydrogen (secondary N) is 1. The van der Waals surface area contributed by atoms with Gasteiger partial charge in [0.05, 0.1) is 19.1 Å². The van der Waals surface area contributed by atoms with Gasteiger partial charge >= 0.3 is 0 Å². The normalized spacial score (nSPS) is 15.5. The Labute approximate surface area is 203 Å². The Morgan fingerprint density at radius 2 is 1.50 bits per heavy atom. The van der Waals surface area contributed by atoms with Crippen LogP contribution in [0.4, 0.5) is 5.69 Å². The van der Waals surface area contributed by atoms with Crippen molar-refractivity contribution in [3.05, 3.63) is 47.5 Å². The van der Waals surface area contributed by atoms with Gasteiger partial charge in [-0.2, -0.15) is 4.31 Å². The number of ether oxygens (including phenoxy) is 2. The number of methoxy groups -OCH3 is 2. The van der Waals surface area contributed by atoms with Crippen molar-refractivity contribution in [2.24, 2.45) is 5.92 Å². The van der Waals surface area contributed by atoms with Gasteiger partial charge in [0, 0.05) is 30.8 Å². The molecule has 1 amide bonds. The van der Waals surface area contributed by atoms with Crippen LogP contribution in [0.1, 0.15) is 63.5 Å². The van der Waals surface area contributed by atoms with Crippen LogP contribution in [0, 0.1) is 5.92 Å². The lowest BCUT2D eigenvalue weighted by Crippen LogP contribution is -2.41. The summed E-state index contributed by atoms with van der Waals surface area (Å²) in [4.78, 5) is 13.3. The molecule has 1 aliphatic rings. The Morgan fingerprint density at radius 1 is 0.941 bits per heavy atom. The number of hydrogen-bond acceptors (Lipinski definition) is 5. The smallest absolute Gasteiger partial charge is 0.243 e. The number of piperidine rings is 1. The number of amides is 1. The number of para-hydroxylation sites is 1. The first kappa shape index (κ1) is 26.0. The molecule has 8 heteroatoms. The summed E-state index contributed by atoms with van der Waals surface area (Å²) in [5, 5.41) is 3.19. The Kier molecular flexibility index (Phi) is 8.25. The molecule has 0 atom stereocenters. The van der Waals surface area contributed by atoms with Gasteiger partial charge in [-0.25, -0.2) is 8.42 Å². The molecular formula is C26H36N2O5S. The van der Waals surface area contributed by atoms with Crippen LogP contribution in [0.2, 0.25) is 0 Å². The lowest BCUT2D eigenvalue weighted by Gasteiger charge is -2.31. The number of carbonyl (C=O) groups is 1. The molecule has 1 saturated heterocycles. The zero-order chi connectivity index (χ0) is 25.0. The minimum atomic E-state index is -3.70. The zero-order valence-corrected chi connectivity index (χ0v) is 21.7. The topological polar surface area (TPSA) is 84.9 Å². The van der Waals surface area contributed by atoms with Crippen molar-refractivity contribution in [3.63, 3.8) is 0 Å². The van der Waals surface area contributed by atoms with Crippen molar-refractivity contribution in [2.75, 3.05) is 32.6 Å². The van der Waals surface area contributed by atoms with Crippen molar-refractivity contribution in [2.45, 2.75) is 57.3 Å². The predicted molar refractivity (Wildman–Crippen MR) is 134 cm³/mol. The molecule has 1 aliphatic heterocycles. The molecule has 7 nitrogen and oxygen atoms in total. The van der Waals surface area contributed by atoms with Crippen LogP contribution in [0.5, 0.6) is 11.5 Å². The maximum absolute atomic E-state index is 13.2. The quantitative estimate of drug-likeness (QED) is 0.566. The van der Waals surface area contributed by atoms with E-state index in [4.69, 9.17) is 9.47 Å². The molecule has 1 heterocycles. The van der Waals surface area contributed by atoms with E-state index in [-0.39, 0.29) is 41.6 Å². The number of anilines is 1. The minimum Gasteiger partial charge on any atom is -0.493 e. The fourth-order valence-electron chi connectivity index (χ4n) is 4.41. The molecule has 1 fully saturated rings. The molecule has 0 radical (unpaired) electrons. The highest BCUT2D eigenvalue weighted by Gasteiger charge is 2.33. The molecule has 186 valence electrons. The van der Waals surface area contributed by atoms with E-state index < -0.39 is 10.0 Å². The highest BCUT2D eigenvalue weighted by molar-refractivity contribution is 7.89. The SMILES string of the molecule is COc1ccc(S(=O)(=O)N2CCC(C(=O)Nc3c(C(C)C)cccc3C(C)C)CC2)cc1OC. The lowest BCUT2D eigenvalue weighted by atomic mass is 9.91. The van der Waals surface area contributed by atoms with E-state index in [2.05, 4.69) is 45.1 Å². The van der Waals surface area contributed by atoms with Crippen LogP contribution in [-0.2, 0) is 14.8 Å². The summed E-state index contributed by atoms with van der Waals surface area (Å²) in [5.74, 6) is 1.11. The number of sulfonamides is 1. The molecule has 34 heavy (non-hydrogen) atoms. The molecule has 2 aromatic rings. The van der Waals surface area contributed by atoms with E-state index in [0.29, 0.717) is 24.3 Å². The van der Waals surface area contributed by atoms with Crippen LogP contribution < -0.4 is 14.8 Å². The minimum absolute atomic E-state index is 0.0434. The fraction of sp³-hybridized carbons (Fsp3) is 0.500. The summed E-state index contributed by atoms with van der Waals surface area (Å²) in [6.45, 7) is 9.05. The summed E-state index contributed by atoms with van der Waals surface area (Å²) in [6, 6.07) is 10.7. The second-order valence-corrected chi connectivity index (χ2v) is 11.2. The highest BCUT2D eigenvalue weighted by Crippen LogP contribution is 2.34. The first-order valence-corrected chi connectivity index (χ1v) is 13.2. The molecule has 2 aromatic carbocycles. The van der Waals surface area contributed by atoms with Gasteiger partial charge in [0.15, 0.2) is 11.5 Å².